The molecule has 8 unspecified atom stereocenters. The zero-order valence-electron chi connectivity index (χ0n) is 31.6. The van der Waals surface area contributed by atoms with E-state index in [1.165, 1.54) is 5.56 Å². The summed E-state index contributed by atoms with van der Waals surface area (Å²) in [6.07, 6.45) is 7.91. The van der Waals surface area contributed by atoms with E-state index in [0.717, 1.165) is 76.3 Å². The topological polar surface area (TPSA) is 137 Å². The van der Waals surface area contributed by atoms with Gasteiger partial charge in [-0.15, -0.1) is 9.24 Å². The van der Waals surface area contributed by atoms with Crippen molar-refractivity contribution in [1.29, 1.82) is 0 Å². The molecule has 2 heterocycles. The number of unbranched alkanes of at least 4 members (excludes halogenated alkanes) is 3. The zero-order valence-corrected chi connectivity index (χ0v) is 33.0. The number of Topliss-reactive ketones (excluding diaryl/α,β-unsaturated/α-hetero) is 1. The van der Waals surface area contributed by atoms with Crippen LogP contribution in [-0.2, 0) is 31.0 Å². The van der Waals surface area contributed by atoms with Crippen molar-refractivity contribution in [3.05, 3.63) is 23.3 Å². The maximum atomic E-state index is 12.4. The molecule has 48 heavy (non-hydrogen) atoms. The predicted molar refractivity (Wildman–Crippen MR) is 194 cm³/mol. The Labute approximate surface area is 322 Å². The fourth-order valence-electron chi connectivity index (χ4n) is 8.35. The second-order valence-corrected chi connectivity index (χ2v) is 13.9. The summed E-state index contributed by atoms with van der Waals surface area (Å²) in [6, 6.07) is 4.22. The standard InChI is InChI=1S/C35H53N3O7.CH5P.Ca.2H/c1-22(23(2)39)9-6-8-19-36-29(41)10-5-4-7-18-37-30(42)15-16-31(43)44-28-14-12-25-26-21-24-11-13-27(40)33-32(24)35(25,34(28)45-33)17-20-38(26)3;1-2;;;/h11,13,22,25-26,28,31,34,40,43H,4-10,12,14-21H2,1-3H3,(H,36,41)(H,37,42);2H2,1H3;;;/q;;+2;2*-1. The van der Waals surface area contributed by atoms with Crippen LogP contribution in [0.1, 0.15) is 105 Å². The molecule has 12 heteroatoms. The molecule has 2 aliphatic heterocycles. The summed E-state index contributed by atoms with van der Waals surface area (Å²) >= 11 is 0. The number of phenols is 1. The number of benzene rings is 1. The van der Waals surface area contributed by atoms with Crippen molar-refractivity contribution in [3.8, 4) is 11.5 Å². The number of ether oxygens (including phenoxy) is 2. The third-order valence-electron chi connectivity index (χ3n) is 11.0. The third-order valence-corrected chi connectivity index (χ3v) is 11.0. The van der Waals surface area contributed by atoms with Crippen LogP contribution in [-0.4, -0.2) is 128 Å². The molecule has 0 radical (unpaired) electrons. The van der Waals surface area contributed by atoms with Gasteiger partial charge in [-0.25, -0.2) is 0 Å². The van der Waals surface area contributed by atoms with Crippen molar-refractivity contribution in [3.63, 3.8) is 0 Å². The second kappa shape index (κ2) is 19.6. The van der Waals surface area contributed by atoms with Gasteiger partial charge in [-0.05, 0) is 89.4 Å². The van der Waals surface area contributed by atoms with Crippen molar-refractivity contribution in [1.82, 2.24) is 15.5 Å². The van der Waals surface area contributed by atoms with Gasteiger partial charge in [-0.3, -0.25) is 14.4 Å². The van der Waals surface area contributed by atoms with Crippen molar-refractivity contribution < 1.29 is 36.9 Å². The van der Waals surface area contributed by atoms with Gasteiger partial charge in [0.2, 0.25) is 11.8 Å². The van der Waals surface area contributed by atoms with Crippen LogP contribution in [0, 0.1) is 11.8 Å². The van der Waals surface area contributed by atoms with Crippen LogP contribution in [0.5, 0.6) is 11.5 Å². The first-order valence-electron chi connectivity index (χ1n) is 17.8. The summed E-state index contributed by atoms with van der Waals surface area (Å²) in [5.41, 5.74) is 2.20. The van der Waals surface area contributed by atoms with Crippen molar-refractivity contribution in [2.45, 2.75) is 127 Å². The number of rotatable bonds is 17. The SMILES string of the molecule is CC(=O)C(C)CCCCNC(=O)CCCCCNC(=O)CCC(O)OC1CCC2C3Cc4ccc(O)c5c4C2(CCN3C)C1O5.CP.[Ca+2].[H-].[H-]. The molecular weight excluding hydrogens is 657 g/mol. The minimum Gasteiger partial charge on any atom is -1.00 e. The molecule has 5 rings (SSSR count). The summed E-state index contributed by atoms with van der Waals surface area (Å²) in [5, 5.41) is 27.4. The molecule has 2 fully saturated rings. The number of aliphatic hydroxyl groups is 1. The molecule has 1 aromatic carbocycles. The molecular formula is C36H60CaN3O7P. The van der Waals surface area contributed by atoms with E-state index in [1.807, 2.05) is 19.7 Å². The largest absolute Gasteiger partial charge is 2.00 e. The van der Waals surface area contributed by atoms with Gasteiger partial charge in [0.05, 0.1) is 6.10 Å². The predicted octanol–water partition coefficient (Wildman–Crippen LogP) is 4.07. The van der Waals surface area contributed by atoms with Gasteiger partial charge in [0, 0.05) is 55.3 Å². The van der Waals surface area contributed by atoms with E-state index in [4.69, 9.17) is 9.47 Å². The van der Waals surface area contributed by atoms with E-state index in [2.05, 4.69) is 31.8 Å². The Balaban J connectivity index is 0.00000246. The molecule has 8 atom stereocenters. The minimum absolute atomic E-state index is 0. The zero-order chi connectivity index (χ0) is 34.1. The van der Waals surface area contributed by atoms with Crippen LogP contribution in [0.3, 0.4) is 0 Å². The monoisotopic (exact) mass is 717 g/mol. The number of piperidine rings is 1. The van der Waals surface area contributed by atoms with Gasteiger partial charge in [-0.1, -0.05) is 32.5 Å². The Kier molecular flexibility index (Phi) is 16.9. The number of carbonyl (C=O) groups excluding carboxylic acids is 3. The molecule has 1 spiro atoms. The number of nitrogens with one attached hydrogen (secondary N) is 2. The van der Waals surface area contributed by atoms with Crippen molar-refractivity contribution >= 4 is 64.6 Å². The molecule has 4 N–H and O–H groups in total. The van der Waals surface area contributed by atoms with Gasteiger partial charge in [0.1, 0.15) is 11.9 Å². The summed E-state index contributed by atoms with van der Waals surface area (Å²) in [4.78, 5) is 38.2. The number of hydrogen-bond acceptors (Lipinski definition) is 8. The van der Waals surface area contributed by atoms with E-state index in [-0.39, 0.29) is 100 Å². The van der Waals surface area contributed by atoms with Gasteiger partial charge >= 0.3 is 37.7 Å². The first kappa shape index (κ1) is 41.4. The minimum atomic E-state index is -1.07. The fraction of sp³-hybridized carbons (Fsp3) is 0.750. The van der Waals surface area contributed by atoms with Crippen LogP contribution in [0.25, 0.3) is 0 Å². The number of aliphatic hydroxyl groups excluding tert-OH is 1. The Morgan fingerprint density at radius 1 is 1.06 bits per heavy atom. The van der Waals surface area contributed by atoms with Gasteiger partial charge in [0.15, 0.2) is 17.8 Å². The summed E-state index contributed by atoms with van der Waals surface area (Å²) < 4.78 is 12.7. The molecule has 10 nitrogen and oxygen atoms in total. The molecule has 2 amide bonds. The Morgan fingerprint density at radius 3 is 2.46 bits per heavy atom. The fourth-order valence-corrected chi connectivity index (χ4v) is 8.35. The number of aromatic hydroxyl groups is 1. The number of carbonyl (C=O) groups is 3. The molecule has 1 saturated carbocycles. The number of ketones is 1. The first-order valence-corrected chi connectivity index (χ1v) is 18.9. The average molecular weight is 718 g/mol. The summed E-state index contributed by atoms with van der Waals surface area (Å²) in [7, 11) is 4.62. The number of nitrogens with zero attached hydrogens (tertiary/aromatic N) is 1. The van der Waals surface area contributed by atoms with E-state index in [1.54, 1.807) is 13.0 Å². The number of likely N-dealkylation sites (N-methyl/N-ethyl adjacent to an activating group) is 1. The summed E-state index contributed by atoms with van der Waals surface area (Å²) in [5.74, 6) is 1.42. The molecule has 0 aromatic heterocycles. The smallest absolute Gasteiger partial charge is 1.00 e. The second-order valence-electron chi connectivity index (χ2n) is 13.9. The molecule has 2 bridgehead atoms. The maximum Gasteiger partial charge on any atom is 2.00 e. The van der Waals surface area contributed by atoms with Crippen molar-refractivity contribution in [2.24, 2.45) is 11.8 Å². The van der Waals surface area contributed by atoms with Crippen LogP contribution in [0.4, 0.5) is 0 Å². The first-order chi connectivity index (χ1) is 22.6. The van der Waals surface area contributed by atoms with E-state index in [9.17, 15) is 24.6 Å². The van der Waals surface area contributed by atoms with E-state index in [0.29, 0.717) is 37.2 Å². The molecule has 2 aliphatic carbocycles. The van der Waals surface area contributed by atoms with Crippen LogP contribution < -0.4 is 15.4 Å². The van der Waals surface area contributed by atoms with Crippen molar-refractivity contribution in [2.75, 3.05) is 33.3 Å². The Morgan fingerprint density at radius 2 is 1.75 bits per heavy atom. The normalized spacial score (nSPS) is 26.0. The van der Waals surface area contributed by atoms with Crippen LogP contribution in [0.15, 0.2) is 12.1 Å². The third kappa shape index (κ3) is 9.65. The molecule has 1 saturated heterocycles. The Bertz CT molecular complexity index is 1250. The number of amides is 2. The van der Waals surface area contributed by atoms with Crippen LogP contribution in [0.2, 0.25) is 0 Å². The Hall–Kier alpha value is -1.00. The van der Waals surface area contributed by atoms with Gasteiger partial charge in [-0.2, -0.15) is 0 Å². The molecule has 268 valence electrons. The maximum absolute atomic E-state index is 12.4. The van der Waals surface area contributed by atoms with E-state index >= 15 is 0 Å². The number of likely N-dealkylation sites (tertiary alicyclic amines) is 1. The number of hydrogen-bond donors (Lipinski definition) is 4. The summed E-state index contributed by atoms with van der Waals surface area (Å²) in [6.45, 7) is 7.61. The number of phenolic OH excluding ortho intramolecular Hbond substituents is 1. The molecule has 4 aliphatic rings. The van der Waals surface area contributed by atoms with Crippen LogP contribution >= 0.6 is 9.24 Å². The van der Waals surface area contributed by atoms with Gasteiger partial charge in [0.25, 0.3) is 0 Å². The quantitative estimate of drug-likeness (QED) is 0.0820. The average Bonchev–Trinajstić information content (AvgIpc) is 3.42. The molecule has 1 aromatic rings. The van der Waals surface area contributed by atoms with E-state index < -0.39 is 6.29 Å². The van der Waals surface area contributed by atoms with Gasteiger partial charge < -0.3 is 38.1 Å².